The fourth-order valence-corrected chi connectivity index (χ4v) is 4.27. The Morgan fingerprint density at radius 3 is 2.42 bits per heavy atom. The number of carbonyl (C=O) groups excluding carboxylic acids is 2. The number of halogens is 3. The molecule has 2 aliphatic rings. The third-order valence-corrected chi connectivity index (χ3v) is 6.18. The van der Waals surface area contributed by atoms with Crippen LogP contribution < -0.4 is 10.6 Å². The van der Waals surface area contributed by atoms with Gasteiger partial charge in [-0.15, -0.1) is 0 Å². The van der Waals surface area contributed by atoms with E-state index in [9.17, 15) is 22.8 Å². The maximum absolute atomic E-state index is 13.3. The second-order valence-corrected chi connectivity index (χ2v) is 8.63. The van der Waals surface area contributed by atoms with Gasteiger partial charge in [-0.1, -0.05) is 6.07 Å². The van der Waals surface area contributed by atoms with E-state index in [-0.39, 0.29) is 23.6 Å². The van der Waals surface area contributed by atoms with Crippen LogP contribution in [0.15, 0.2) is 43.0 Å². The number of carboxylic acid groups (broad SMARTS) is 1. The summed E-state index contributed by atoms with van der Waals surface area (Å²) in [6.45, 7) is 1.77. The summed E-state index contributed by atoms with van der Waals surface area (Å²) in [5.74, 6) is -2.99. The maximum atomic E-state index is 13.3. The third-order valence-electron chi connectivity index (χ3n) is 6.18. The number of nitrogens with two attached hydrogens (primary N) is 1. The number of amides is 2. The molecule has 0 aliphatic carbocycles. The van der Waals surface area contributed by atoms with Crippen LogP contribution >= 0.6 is 0 Å². The highest BCUT2D eigenvalue weighted by Gasteiger charge is 2.38. The summed E-state index contributed by atoms with van der Waals surface area (Å²) in [6.07, 6.45) is 4.19. The number of hydrogen-bond acceptors (Lipinski definition) is 8. The number of carbonyl (C=O) groups is 3. The summed E-state index contributed by atoms with van der Waals surface area (Å²) in [7, 11) is 0. The van der Waals surface area contributed by atoms with Gasteiger partial charge in [0.15, 0.2) is 0 Å². The van der Waals surface area contributed by atoms with Gasteiger partial charge in [0.05, 0.1) is 12.6 Å². The lowest BCUT2D eigenvalue weighted by atomic mass is 9.95. The lowest BCUT2D eigenvalue weighted by Crippen LogP contribution is -2.42. The largest absolute Gasteiger partial charge is 0.490 e. The number of imidazole rings is 1. The summed E-state index contributed by atoms with van der Waals surface area (Å²) >= 11 is 0. The normalized spacial score (nSPS) is 18.2. The molecule has 1 atom stereocenters. The van der Waals surface area contributed by atoms with Crippen molar-refractivity contribution in [2.45, 2.75) is 31.5 Å². The standard InChI is InChI=1S/C21H23N7O3.C2HF3O2/c22-19(29)16-3-7-24-21(25-16)26-9-4-14(5-10-26)20(30)28-17(6-12-31-28)15-1-2-18-23-8-11-27(18)13-15;3-2(4,5)1(6)7/h1-3,7-8,11,13-14,17H,4-6,9-10,12H2,(H2,22,29);(H,6,7). The molecule has 202 valence electrons. The summed E-state index contributed by atoms with van der Waals surface area (Å²) in [6, 6.07) is 5.35. The van der Waals surface area contributed by atoms with Crippen LogP contribution in [-0.4, -0.2) is 73.2 Å². The molecule has 38 heavy (non-hydrogen) atoms. The van der Waals surface area contributed by atoms with Crippen molar-refractivity contribution >= 4 is 29.4 Å². The predicted octanol–water partition coefficient (Wildman–Crippen LogP) is 1.98. The van der Waals surface area contributed by atoms with Crippen molar-refractivity contribution in [3.05, 3.63) is 54.2 Å². The average molecular weight is 535 g/mol. The van der Waals surface area contributed by atoms with Crippen molar-refractivity contribution in [1.82, 2.24) is 24.4 Å². The number of primary amides is 1. The predicted molar refractivity (Wildman–Crippen MR) is 125 cm³/mol. The van der Waals surface area contributed by atoms with Crippen LogP contribution in [-0.2, 0) is 14.4 Å². The van der Waals surface area contributed by atoms with Gasteiger partial charge in [0.25, 0.3) is 5.91 Å². The molecule has 2 amide bonds. The van der Waals surface area contributed by atoms with E-state index in [1.54, 1.807) is 11.3 Å². The van der Waals surface area contributed by atoms with E-state index in [1.807, 2.05) is 33.8 Å². The van der Waals surface area contributed by atoms with E-state index in [2.05, 4.69) is 15.0 Å². The Labute approximate surface area is 213 Å². The highest BCUT2D eigenvalue weighted by molar-refractivity contribution is 5.90. The highest BCUT2D eigenvalue weighted by Crippen LogP contribution is 2.34. The fourth-order valence-electron chi connectivity index (χ4n) is 4.27. The molecule has 0 radical (unpaired) electrons. The zero-order valence-electron chi connectivity index (χ0n) is 19.9. The number of alkyl halides is 3. The van der Waals surface area contributed by atoms with Gasteiger partial charge in [-0.2, -0.15) is 13.2 Å². The van der Waals surface area contributed by atoms with Gasteiger partial charge in [0.1, 0.15) is 11.3 Å². The minimum absolute atomic E-state index is 0.0136. The molecule has 3 aromatic heterocycles. The van der Waals surface area contributed by atoms with E-state index >= 15 is 0 Å². The van der Waals surface area contributed by atoms with Crippen LogP contribution in [0.25, 0.3) is 5.65 Å². The van der Waals surface area contributed by atoms with Gasteiger partial charge in [-0.25, -0.2) is 24.8 Å². The van der Waals surface area contributed by atoms with Gasteiger partial charge in [0.2, 0.25) is 11.9 Å². The van der Waals surface area contributed by atoms with Crippen LogP contribution in [0.2, 0.25) is 0 Å². The van der Waals surface area contributed by atoms with Crippen molar-refractivity contribution in [2.24, 2.45) is 11.7 Å². The SMILES string of the molecule is NC(=O)c1ccnc(N2CCC(C(=O)N3OCCC3c3ccc4nccn4c3)CC2)n1.O=C(O)C(F)(F)F. The van der Waals surface area contributed by atoms with Crippen molar-refractivity contribution in [1.29, 1.82) is 0 Å². The number of piperidine rings is 1. The maximum Gasteiger partial charge on any atom is 0.490 e. The molecule has 12 nitrogen and oxygen atoms in total. The first-order valence-corrected chi connectivity index (χ1v) is 11.6. The number of hydrogen-bond donors (Lipinski definition) is 2. The van der Waals surface area contributed by atoms with E-state index in [1.165, 1.54) is 12.3 Å². The topological polar surface area (TPSA) is 156 Å². The molecule has 0 aromatic carbocycles. The third kappa shape index (κ3) is 5.99. The lowest BCUT2D eigenvalue weighted by Gasteiger charge is -2.34. The zero-order valence-corrected chi connectivity index (χ0v) is 19.9. The molecule has 1 unspecified atom stereocenters. The second kappa shape index (κ2) is 11.0. The Balaban J connectivity index is 0.000000426. The minimum Gasteiger partial charge on any atom is -0.475 e. The molecule has 2 saturated heterocycles. The molecular weight excluding hydrogens is 511 g/mol. The van der Waals surface area contributed by atoms with Crippen LogP contribution in [0.5, 0.6) is 0 Å². The van der Waals surface area contributed by atoms with Gasteiger partial charge in [-0.05, 0) is 30.5 Å². The minimum atomic E-state index is -5.08. The lowest BCUT2D eigenvalue weighted by molar-refractivity contribution is -0.192. The number of nitrogens with zero attached hydrogens (tertiary/aromatic N) is 6. The average Bonchev–Trinajstić information content (AvgIpc) is 3.57. The van der Waals surface area contributed by atoms with Crippen molar-refractivity contribution in [3.8, 4) is 0 Å². The first kappa shape index (κ1) is 26.8. The first-order chi connectivity index (χ1) is 18.0. The number of fused-ring (bicyclic) bond motifs is 1. The smallest absolute Gasteiger partial charge is 0.475 e. The molecule has 3 N–H and O–H groups in total. The van der Waals surface area contributed by atoms with E-state index in [0.717, 1.165) is 17.6 Å². The number of carboxylic acids is 1. The van der Waals surface area contributed by atoms with Crippen LogP contribution in [0.3, 0.4) is 0 Å². The zero-order chi connectivity index (χ0) is 27.4. The van der Waals surface area contributed by atoms with Crippen LogP contribution in [0, 0.1) is 5.92 Å². The fraction of sp³-hybridized carbons (Fsp3) is 0.391. The Hall–Kier alpha value is -4.27. The molecule has 0 bridgehead atoms. The number of aliphatic carboxylic acids is 1. The van der Waals surface area contributed by atoms with Crippen molar-refractivity contribution in [2.75, 3.05) is 24.6 Å². The van der Waals surface area contributed by atoms with E-state index in [0.29, 0.717) is 38.5 Å². The number of anilines is 1. The first-order valence-electron chi connectivity index (χ1n) is 11.6. The Morgan fingerprint density at radius 1 is 1.05 bits per heavy atom. The van der Waals surface area contributed by atoms with Gasteiger partial charge >= 0.3 is 12.1 Å². The molecule has 5 heterocycles. The molecule has 3 aromatic rings. The number of aromatic nitrogens is 4. The molecule has 0 saturated carbocycles. The summed E-state index contributed by atoms with van der Waals surface area (Å²) in [5, 5.41) is 8.68. The number of pyridine rings is 1. The Morgan fingerprint density at radius 2 is 1.76 bits per heavy atom. The molecule has 15 heteroatoms. The summed E-state index contributed by atoms with van der Waals surface area (Å²) < 4.78 is 33.7. The van der Waals surface area contributed by atoms with E-state index in [4.69, 9.17) is 20.5 Å². The summed E-state index contributed by atoms with van der Waals surface area (Å²) in [4.78, 5) is 54.0. The van der Waals surface area contributed by atoms with Gasteiger partial charge in [0, 0.05) is 50.2 Å². The second-order valence-electron chi connectivity index (χ2n) is 8.63. The molecule has 5 rings (SSSR count). The highest BCUT2D eigenvalue weighted by atomic mass is 19.4. The van der Waals surface area contributed by atoms with Gasteiger partial charge < -0.3 is 20.1 Å². The summed E-state index contributed by atoms with van der Waals surface area (Å²) in [5.41, 5.74) is 7.40. The number of rotatable bonds is 4. The van der Waals surface area contributed by atoms with Crippen LogP contribution in [0.1, 0.15) is 41.4 Å². The Kier molecular flexibility index (Phi) is 7.75. The van der Waals surface area contributed by atoms with Crippen molar-refractivity contribution < 1.29 is 37.5 Å². The van der Waals surface area contributed by atoms with Gasteiger partial charge in [-0.3, -0.25) is 14.4 Å². The Bertz CT molecular complexity index is 1320. The number of hydroxylamine groups is 2. The quantitative estimate of drug-likeness (QED) is 0.510. The monoisotopic (exact) mass is 535 g/mol. The molecule has 2 fully saturated rings. The van der Waals surface area contributed by atoms with E-state index < -0.39 is 18.1 Å². The van der Waals surface area contributed by atoms with Crippen LogP contribution in [0.4, 0.5) is 19.1 Å². The molecule has 2 aliphatic heterocycles. The molecule has 0 spiro atoms. The van der Waals surface area contributed by atoms with Crippen molar-refractivity contribution in [3.63, 3.8) is 0 Å². The molecular formula is C23H24F3N7O5.